The van der Waals surface area contributed by atoms with Gasteiger partial charge >= 0.3 is 11.9 Å². The van der Waals surface area contributed by atoms with Crippen LogP contribution in [0, 0.1) is 5.41 Å². The molecule has 0 aliphatic heterocycles. The van der Waals surface area contributed by atoms with E-state index in [-0.39, 0.29) is 24.6 Å². The zero-order valence-electron chi connectivity index (χ0n) is 20.5. The molecule has 0 radical (unpaired) electrons. The SMILES string of the molecule is C=C.C=CC(=O)OCCOc1ccc(CC(C)(C)Cc2ccc(OCCOC(C)=O)cc2)cc1. The Bertz CT molecular complexity index is 884. The van der Waals surface area contributed by atoms with Gasteiger partial charge in [-0.2, -0.15) is 0 Å². The second-order valence-corrected chi connectivity index (χ2v) is 8.21. The van der Waals surface area contributed by atoms with Crippen molar-refractivity contribution >= 4 is 11.9 Å². The topological polar surface area (TPSA) is 71.1 Å². The predicted octanol–water partition coefficient (Wildman–Crippen LogP) is 5.35. The molecule has 0 unspecified atom stereocenters. The van der Waals surface area contributed by atoms with Crippen molar-refractivity contribution in [3.8, 4) is 11.5 Å². The van der Waals surface area contributed by atoms with Crippen molar-refractivity contribution in [3.05, 3.63) is 85.5 Å². The fourth-order valence-electron chi connectivity index (χ4n) is 3.28. The van der Waals surface area contributed by atoms with Gasteiger partial charge in [0.1, 0.15) is 37.9 Å². The van der Waals surface area contributed by atoms with Gasteiger partial charge in [0.25, 0.3) is 0 Å². The van der Waals surface area contributed by atoms with Gasteiger partial charge in [-0.05, 0) is 53.6 Å². The van der Waals surface area contributed by atoms with Crippen LogP contribution in [-0.2, 0) is 31.9 Å². The Balaban J connectivity index is 0.00000281. The Kier molecular flexibility index (Phi) is 12.8. The van der Waals surface area contributed by atoms with E-state index in [1.165, 1.54) is 18.1 Å². The van der Waals surface area contributed by atoms with Crippen LogP contribution in [0.3, 0.4) is 0 Å². The van der Waals surface area contributed by atoms with Crippen LogP contribution in [0.4, 0.5) is 0 Å². The van der Waals surface area contributed by atoms with Gasteiger partial charge in [-0.15, -0.1) is 13.2 Å². The second-order valence-electron chi connectivity index (χ2n) is 8.21. The number of rotatable bonds is 13. The number of hydrogen-bond donors (Lipinski definition) is 0. The Morgan fingerprint density at radius 3 is 1.56 bits per heavy atom. The average molecular weight is 469 g/mol. The van der Waals surface area contributed by atoms with Crippen LogP contribution in [-0.4, -0.2) is 38.4 Å². The Morgan fingerprint density at radius 2 is 1.18 bits per heavy atom. The number of benzene rings is 2. The van der Waals surface area contributed by atoms with Crippen molar-refractivity contribution in [2.75, 3.05) is 26.4 Å². The number of esters is 2. The number of hydrogen-bond acceptors (Lipinski definition) is 6. The van der Waals surface area contributed by atoms with Crippen LogP contribution < -0.4 is 9.47 Å². The first kappa shape index (κ1) is 28.5. The summed E-state index contributed by atoms with van der Waals surface area (Å²) >= 11 is 0. The highest BCUT2D eigenvalue weighted by atomic mass is 16.6. The first-order chi connectivity index (χ1) is 16.3. The summed E-state index contributed by atoms with van der Waals surface area (Å²) in [5.41, 5.74) is 2.53. The van der Waals surface area contributed by atoms with E-state index in [0.29, 0.717) is 13.2 Å². The second kappa shape index (κ2) is 15.3. The minimum Gasteiger partial charge on any atom is -0.490 e. The van der Waals surface area contributed by atoms with Crippen molar-refractivity contribution < 1.29 is 28.5 Å². The molecule has 0 heterocycles. The molecule has 0 aromatic heterocycles. The highest BCUT2D eigenvalue weighted by Crippen LogP contribution is 2.28. The lowest BCUT2D eigenvalue weighted by Crippen LogP contribution is -2.18. The smallest absolute Gasteiger partial charge is 0.330 e. The summed E-state index contributed by atoms with van der Waals surface area (Å²) in [5.74, 6) is 0.742. The molecule has 2 aromatic carbocycles. The Hall–Kier alpha value is -3.54. The Morgan fingerprint density at radius 1 is 0.765 bits per heavy atom. The monoisotopic (exact) mass is 468 g/mol. The van der Waals surface area contributed by atoms with Gasteiger partial charge in [-0.1, -0.05) is 44.7 Å². The molecule has 184 valence electrons. The third-order valence-corrected chi connectivity index (χ3v) is 4.63. The number of carbonyl (C=O) groups is 2. The molecule has 6 nitrogen and oxygen atoms in total. The van der Waals surface area contributed by atoms with Crippen LogP contribution in [0.2, 0.25) is 0 Å². The van der Waals surface area contributed by atoms with Gasteiger partial charge in [0, 0.05) is 13.0 Å². The molecular weight excluding hydrogens is 432 g/mol. The molecule has 0 spiro atoms. The number of ether oxygens (including phenoxy) is 4. The summed E-state index contributed by atoms with van der Waals surface area (Å²) < 4.78 is 20.9. The molecule has 0 bridgehead atoms. The molecule has 0 aliphatic rings. The van der Waals surface area contributed by atoms with Crippen molar-refractivity contribution in [1.82, 2.24) is 0 Å². The quantitative estimate of drug-likeness (QED) is 0.171. The van der Waals surface area contributed by atoms with Gasteiger partial charge in [0.05, 0.1) is 0 Å². The van der Waals surface area contributed by atoms with Crippen LogP contribution in [0.15, 0.2) is 74.3 Å². The summed E-state index contributed by atoms with van der Waals surface area (Å²) in [6, 6.07) is 16.0. The molecule has 0 atom stereocenters. The largest absolute Gasteiger partial charge is 0.490 e. The first-order valence-corrected chi connectivity index (χ1v) is 11.1. The minimum atomic E-state index is -0.451. The highest BCUT2D eigenvalue weighted by Gasteiger charge is 2.19. The molecule has 34 heavy (non-hydrogen) atoms. The zero-order valence-corrected chi connectivity index (χ0v) is 20.5. The molecule has 0 aliphatic carbocycles. The molecule has 2 rings (SSSR count). The van der Waals surface area contributed by atoms with Crippen LogP contribution in [0.1, 0.15) is 31.9 Å². The maximum Gasteiger partial charge on any atom is 0.330 e. The van der Waals surface area contributed by atoms with E-state index in [1.807, 2.05) is 24.3 Å². The van der Waals surface area contributed by atoms with Crippen molar-refractivity contribution in [1.29, 1.82) is 0 Å². The van der Waals surface area contributed by atoms with Crippen molar-refractivity contribution in [3.63, 3.8) is 0 Å². The summed E-state index contributed by atoms with van der Waals surface area (Å²) in [6.07, 6.45) is 2.98. The van der Waals surface area contributed by atoms with Crippen LogP contribution >= 0.6 is 0 Å². The fraction of sp³-hybridized carbons (Fsp3) is 0.357. The summed E-state index contributed by atoms with van der Waals surface area (Å²) in [7, 11) is 0. The van der Waals surface area contributed by atoms with Gasteiger partial charge in [0.15, 0.2) is 0 Å². The molecule has 2 aromatic rings. The van der Waals surface area contributed by atoms with Crippen molar-refractivity contribution in [2.24, 2.45) is 5.41 Å². The molecule has 6 heteroatoms. The van der Waals surface area contributed by atoms with E-state index < -0.39 is 5.97 Å². The van der Waals surface area contributed by atoms with E-state index in [0.717, 1.165) is 30.4 Å². The number of carbonyl (C=O) groups excluding carboxylic acids is 2. The maximum atomic E-state index is 11.0. The zero-order chi connectivity index (χ0) is 25.4. The van der Waals surface area contributed by atoms with E-state index in [4.69, 9.17) is 18.9 Å². The molecular formula is C28H36O6. The van der Waals surface area contributed by atoms with Crippen LogP contribution in [0.25, 0.3) is 0 Å². The normalized spacial score (nSPS) is 10.3. The lowest BCUT2D eigenvalue weighted by Gasteiger charge is -2.25. The maximum absolute atomic E-state index is 11.0. The fourth-order valence-corrected chi connectivity index (χ4v) is 3.28. The van der Waals surface area contributed by atoms with Gasteiger partial charge in [0.2, 0.25) is 0 Å². The summed E-state index contributed by atoms with van der Waals surface area (Å²) in [5, 5.41) is 0. The third kappa shape index (κ3) is 11.9. The summed E-state index contributed by atoms with van der Waals surface area (Å²) in [4.78, 5) is 21.8. The average Bonchev–Trinajstić information content (AvgIpc) is 2.82. The molecule has 0 saturated heterocycles. The highest BCUT2D eigenvalue weighted by molar-refractivity contribution is 5.81. The van der Waals surface area contributed by atoms with E-state index in [1.54, 1.807) is 0 Å². The van der Waals surface area contributed by atoms with Crippen LogP contribution in [0.5, 0.6) is 11.5 Å². The standard InChI is InChI=1S/C26H32O6.C2H4/c1-5-25(28)32-17-16-31-24-12-8-22(9-13-24)19-26(3,4)18-21-6-10-23(11-7-21)30-15-14-29-20(2)27;1-2/h5-13H,1,14-19H2,2-4H3;1-2H2. The van der Waals surface area contributed by atoms with Crippen molar-refractivity contribution in [2.45, 2.75) is 33.6 Å². The molecule has 0 saturated carbocycles. The first-order valence-electron chi connectivity index (χ1n) is 11.1. The van der Waals surface area contributed by atoms with E-state index in [2.05, 4.69) is 57.8 Å². The lowest BCUT2D eigenvalue weighted by atomic mass is 9.80. The minimum absolute atomic E-state index is 0.0684. The molecule has 0 fully saturated rings. The molecule has 0 amide bonds. The lowest BCUT2D eigenvalue weighted by molar-refractivity contribution is -0.141. The molecule has 0 N–H and O–H groups in total. The summed E-state index contributed by atoms with van der Waals surface area (Å²) in [6.45, 7) is 16.3. The Labute approximate surface area is 203 Å². The third-order valence-electron chi connectivity index (χ3n) is 4.63. The predicted molar refractivity (Wildman–Crippen MR) is 134 cm³/mol. The van der Waals surface area contributed by atoms with Gasteiger partial charge < -0.3 is 18.9 Å². The van der Waals surface area contributed by atoms with Gasteiger partial charge in [-0.3, -0.25) is 4.79 Å². The van der Waals surface area contributed by atoms with E-state index >= 15 is 0 Å². The van der Waals surface area contributed by atoms with Gasteiger partial charge in [-0.25, -0.2) is 4.79 Å². The van der Waals surface area contributed by atoms with E-state index in [9.17, 15) is 9.59 Å².